The van der Waals surface area contributed by atoms with Crippen molar-refractivity contribution in [1.29, 1.82) is 0 Å². The Morgan fingerprint density at radius 1 is 0.913 bits per heavy atom. The molecule has 4 rings (SSSR count). The highest BCUT2D eigenvalue weighted by Crippen LogP contribution is 2.21. The first-order chi connectivity index (χ1) is 11.4. The van der Waals surface area contributed by atoms with E-state index in [4.69, 9.17) is 0 Å². The minimum atomic E-state index is 0.592. The predicted octanol–water partition coefficient (Wildman–Crippen LogP) is 3.40. The minimum Gasteiger partial charge on any atom is -0.349 e. The highest BCUT2D eigenvalue weighted by molar-refractivity contribution is 5.66. The summed E-state index contributed by atoms with van der Waals surface area (Å²) in [7, 11) is 0. The van der Waals surface area contributed by atoms with Gasteiger partial charge in [-0.25, -0.2) is 9.50 Å². The number of nitrogens with zero attached hydrogens (tertiary/aromatic N) is 4. The third-order valence-electron chi connectivity index (χ3n) is 3.64. The van der Waals surface area contributed by atoms with Crippen LogP contribution in [0.3, 0.4) is 0 Å². The maximum atomic E-state index is 4.60. The van der Waals surface area contributed by atoms with Gasteiger partial charge in [-0.2, -0.15) is 0 Å². The second-order valence-corrected chi connectivity index (χ2v) is 5.22. The molecule has 0 aliphatic heterocycles. The standard InChI is InChI=1S/C18H15N5/c1-2-6-15(7-3-1)17-9-8-16-13-21-18(22-23(16)17)20-12-14-5-4-10-19-11-14/h1-11,13H,12H2,(H,20,22). The van der Waals surface area contributed by atoms with Crippen molar-refractivity contribution >= 4 is 11.5 Å². The lowest BCUT2D eigenvalue weighted by molar-refractivity contribution is 0.897. The molecular weight excluding hydrogens is 286 g/mol. The Bertz CT molecular complexity index is 916. The monoisotopic (exact) mass is 301 g/mol. The second kappa shape index (κ2) is 5.88. The quantitative estimate of drug-likeness (QED) is 0.627. The Morgan fingerprint density at radius 3 is 2.65 bits per heavy atom. The van der Waals surface area contributed by atoms with E-state index in [1.54, 1.807) is 6.20 Å². The van der Waals surface area contributed by atoms with Crippen molar-refractivity contribution in [3.63, 3.8) is 0 Å². The molecule has 4 aromatic rings. The average molecular weight is 301 g/mol. The average Bonchev–Trinajstić information content (AvgIpc) is 3.05. The Morgan fingerprint density at radius 2 is 1.83 bits per heavy atom. The number of nitrogens with one attached hydrogen (secondary N) is 1. The molecule has 23 heavy (non-hydrogen) atoms. The van der Waals surface area contributed by atoms with E-state index in [9.17, 15) is 0 Å². The Hall–Kier alpha value is -3.21. The molecule has 0 saturated carbocycles. The summed E-state index contributed by atoms with van der Waals surface area (Å²) < 4.78 is 1.91. The summed E-state index contributed by atoms with van der Waals surface area (Å²) in [5.74, 6) is 0.592. The molecule has 0 atom stereocenters. The van der Waals surface area contributed by atoms with Crippen LogP contribution in [0.2, 0.25) is 0 Å². The van der Waals surface area contributed by atoms with E-state index in [2.05, 4.69) is 38.6 Å². The zero-order valence-electron chi connectivity index (χ0n) is 12.4. The van der Waals surface area contributed by atoms with Crippen molar-refractivity contribution in [2.24, 2.45) is 0 Å². The molecule has 0 aliphatic carbocycles. The minimum absolute atomic E-state index is 0.592. The molecule has 0 bridgehead atoms. The van der Waals surface area contributed by atoms with Crippen molar-refractivity contribution in [1.82, 2.24) is 19.6 Å². The van der Waals surface area contributed by atoms with Gasteiger partial charge in [0.25, 0.3) is 0 Å². The van der Waals surface area contributed by atoms with E-state index in [-0.39, 0.29) is 0 Å². The molecule has 0 fully saturated rings. The molecule has 3 heterocycles. The van der Waals surface area contributed by atoms with Gasteiger partial charge in [0.2, 0.25) is 5.95 Å². The number of aromatic nitrogens is 4. The van der Waals surface area contributed by atoms with Crippen molar-refractivity contribution in [3.05, 3.63) is 78.8 Å². The van der Waals surface area contributed by atoms with E-state index < -0.39 is 0 Å². The molecule has 112 valence electrons. The fourth-order valence-electron chi connectivity index (χ4n) is 2.49. The first kappa shape index (κ1) is 13.5. The first-order valence-electron chi connectivity index (χ1n) is 7.43. The number of hydrogen-bond acceptors (Lipinski definition) is 4. The fourth-order valence-corrected chi connectivity index (χ4v) is 2.49. The van der Waals surface area contributed by atoms with Crippen LogP contribution < -0.4 is 5.32 Å². The van der Waals surface area contributed by atoms with E-state index in [0.717, 1.165) is 22.3 Å². The van der Waals surface area contributed by atoms with Gasteiger partial charge in [-0.3, -0.25) is 4.98 Å². The van der Waals surface area contributed by atoms with Crippen LogP contribution in [-0.4, -0.2) is 19.6 Å². The van der Waals surface area contributed by atoms with E-state index >= 15 is 0 Å². The van der Waals surface area contributed by atoms with Gasteiger partial charge in [-0.15, -0.1) is 5.10 Å². The Balaban J connectivity index is 1.65. The number of fused-ring (bicyclic) bond motifs is 1. The molecular formula is C18H15N5. The Labute approximate surface area is 133 Å². The molecule has 0 spiro atoms. The van der Waals surface area contributed by atoms with Gasteiger partial charge in [0, 0.05) is 24.5 Å². The van der Waals surface area contributed by atoms with Gasteiger partial charge < -0.3 is 5.32 Å². The normalized spacial score (nSPS) is 10.8. The molecule has 0 aliphatic rings. The second-order valence-electron chi connectivity index (χ2n) is 5.22. The molecule has 1 aromatic carbocycles. The fraction of sp³-hybridized carbons (Fsp3) is 0.0556. The third-order valence-corrected chi connectivity index (χ3v) is 3.64. The number of hydrogen-bond donors (Lipinski definition) is 1. The lowest BCUT2D eigenvalue weighted by Crippen LogP contribution is -2.06. The molecule has 0 unspecified atom stereocenters. The van der Waals surface area contributed by atoms with Gasteiger partial charge in [0.15, 0.2) is 0 Å². The highest BCUT2D eigenvalue weighted by Gasteiger charge is 2.07. The summed E-state index contributed by atoms with van der Waals surface area (Å²) >= 11 is 0. The van der Waals surface area contributed by atoms with Crippen LogP contribution >= 0.6 is 0 Å². The lowest BCUT2D eigenvalue weighted by atomic mass is 10.2. The van der Waals surface area contributed by atoms with E-state index in [1.807, 2.05) is 53.3 Å². The predicted molar refractivity (Wildman–Crippen MR) is 90.0 cm³/mol. The van der Waals surface area contributed by atoms with E-state index in [0.29, 0.717) is 12.5 Å². The van der Waals surface area contributed by atoms with Gasteiger partial charge in [0.1, 0.15) is 0 Å². The van der Waals surface area contributed by atoms with Gasteiger partial charge in [0.05, 0.1) is 17.4 Å². The van der Waals surface area contributed by atoms with Crippen LogP contribution in [0.1, 0.15) is 5.56 Å². The van der Waals surface area contributed by atoms with Crippen LogP contribution in [-0.2, 0) is 6.54 Å². The molecule has 3 aromatic heterocycles. The molecule has 5 heteroatoms. The summed E-state index contributed by atoms with van der Waals surface area (Å²) in [6.45, 7) is 0.640. The number of pyridine rings is 1. The number of anilines is 1. The topological polar surface area (TPSA) is 55.1 Å². The molecule has 0 amide bonds. The van der Waals surface area contributed by atoms with Crippen LogP contribution in [0, 0.1) is 0 Å². The maximum absolute atomic E-state index is 4.60. The van der Waals surface area contributed by atoms with Crippen LogP contribution in [0.5, 0.6) is 0 Å². The Kier molecular flexibility index (Phi) is 3.44. The summed E-state index contributed by atoms with van der Waals surface area (Å²) in [6, 6.07) is 18.2. The first-order valence-corrected chi connectivity index (χ1v) is 7.43. The zero-order valence-corrected chi connectivity index (χ0v) is 12.4. The van der Waals surface area contributed by atoms with Gasteiger partial charge in [-0.05, 0) is 23.8 Å². The molecule has 1 N–H and O–H groups in total. The smallest absolute Gasteiger partial charge is 0.241 e. The van der Waals surface area contributed by atoms with Gasteiger partial charge >= 0.3 is 0 Å². The van der Waals surface area contributed by atoms with E-state index in [1.165, 1.54) is 0 Å². The van der Waals surface area contributed by atoms with Gasteiger partial charge in [-0.1, -0.05) is 36.4 Å². The zero-order chi connectivity index (χ0) is 15.5. The summed E-state index contributed by atoms with van der Waals surface area (Å²) in [6.07, 6.45) is 5.42. The summed E-state index contributed by atoms with van der Waals surface area (Å²) in [4.78, 5) is 8.47. The highest BCUT2D eigenvalue weighted by atomic mass is 15.3. The van der Waals surface area contributed by atoms with Crippen molar-refractivity contribution in [2.45, 2.75) is 6.54 Å². The summed E-state index contributed by atoms with van der Waals surface area (Å²) in [5, 5.41) is 7.84. The molecule has 0 radical (unpaired) electrons. The van der Waals surface area contributed by atoms with Crippen LogP contribution in [0.15, 0.2) is 73.2 Å². The maximum Gasteiger partial charge on any atom is 0.241 e. The van der Waals surface area contributed by atoms with Crippen molar-refractivity contribution < 1.29 is 0 Å². The lowest BCUT2D eigenvalue weighted by Gasteiger charge is -2.07. The third kappa shape index (κ3) is 2.76. The number of benzene rings is 1. The van der Waals surface area contributed by atoms with Crippen LogP contribution in [0.4, 0.5) is 5.95 Å². The van der Waals surface area contributed by atoms with Crippen LogP contribution in [0.25, 0.3) is 16.8 Å². The summed E-state index contributed by atoms with van der Waals surface area (Å²) in [5.41, 5.74) is 4.24. The SMILES string of the molecule is c1ccc(-c2ccc3cnc(NCc4cccnc4)nn23)cc1. The molecule has 5 nitrogen and oxygen atoms in total. The van der Waals surface area contributed by atoms with Crippen molar-refractivity contribution in [2.75, 3.05) is 5.32 Å². The van der Waals surface area contributed by atoms with Crippen molar-refractivity contribution in [3.8, 4) is 11.3 Å². The number of rotatable bonds is 4. The largest absolute Gasteiger partial charge is 0.349 e. The molecule has 0 saturated heterocycles.